The van der Waals surface area contributed by atoms with Gasteiger partial charge in [0.1, 0.15) is 0 Å². The Morgan fingerprint density at radius 2 is 1.78 bits per heavy atom. The molecule has 3 N–H and O–H groups in total. The second-order valence-corrected chi connectivity index (χ2v) is 4.75. The molecule has 0 saturated carbocycles. The summed E-state index contributed by atoms with van der Waals surface area (Å²) in [5.74, 6) is -0.416. The van der Waals surface area contributed by atoms with Crippen LogP contribution >= 0.6 is 0 Å². The second-order valence-electron chi connectivity index (χ2n) is 4.75. The topological polar surface area (TPSA) is 78.4 Å². The molecule has 0 radical (unpaired) electrons. The normalized spacial score (nSPS) is 10.9. The molecule has 98 valence electrons. The zero-order valence-corrected chi connectivity index (χ0v) is 10.8. The first-order valence-electron chi connectivity index (χ1n) is 5.66. The van der Waals surface area contributed by atoms with Crippen molar-refractivity contribution in [3.05, 3.63) is 29.8 Å². The molecule has 0 aromatic heterocycles. The molecule has 1 rings (SSSR count). The Morgan fingerprint density at radius 3 is 2.22 bits per heavy atom. The average Bonchev–Trinajstić information content (AvgIpc) is 2.25. The van der Waals surface area contributed by atoms with E-state index < -0.39 is 5.60 Å². The minimum Gasteiger partial charge on any atom is -0.389 e. The minimum atomic E-state index is -0.939. The van der Waals surface area contributed by atoms with Crippen molar-refractivity contribution in [3.8, 4) is 0 Å². The first kappa shape index (κ1) is 14.2. The molecule has 0 atom stereocenters. The van der Waals surface area contributed by atoms with Crippen molar-refractivity contribution in [1.29, 1.82) is 0 Å². The molecule has 0 bridgehead atoms. The number of hydrogen-bond donors (Lipinski definition) is 3. The van der Waals surface area contributed by atoms with Gasteiger partial charge < -0.3 is 15.7 Å². The zero-order valence-electron chi connectivity index (χ0n) is 10.8. The van der Waals surface area contributed by atoms with E-state index in [-0.39, 0.29) is 18.4 Å². The lowest BCUT2D eigenvalue weighted by Gasteiger charge is -2.17. The van der Waals surface area contributed by atoms with Crippen molar-refractivity contribution in [2.75, 3.05) is 11.9 Å². The molecular weight excluding hydrogens is 232 g/mol. The van der Waals surface area contributed by atoms with E-state index in [0.29, 0.717) is 11.3 Å². The van der Waals surface area contributed by atoms with Crippen LogP contribution in [-0.4, -0.2) is 29.1 Å². The zero-order chi connectivity index (χ0) is 13.8. The van der Waals surface area contributed by atoms with Gasteiger partial charge in [0.05, 0.1) is 5.60 Å². The molecule has 0 aliphatic rings. The SMILES string of the molecule is CC(=O)Nc1ccc(C(=O)NCC(C)(C)O)cc1. The third-order valence-corrected chi connectivity index (χ3v) is 2.15. The smallest absolute Gasteiger partial charge is 0.251 e. The molecule has 0 spiro atoms. The van der Waals surface area contributed by atoms with E-state index in [4.69, 9.17) is 0 Å². The van der Waals surface area contributed by atoms with Crippen LogP contribution in [-0.2, 0) is 4.79 Å². The van der Waals surface area contributed by atoms with Gasteiger partial charge in [-0.2, -0.15) is 0 Å². The molecule has 18 heavy (non-hydrogen) atoms. The van der Waals surface area contributed by atoms with E-state index in [9.17, 15) is 14.7 Å². The summed E-state index contributed by atoms with van der Waals surface area (Å²) in [5.41, 5.74) is 0.182. The van der Waals surface area contributed by atoms with Crippen molar-refractivity contribution >= 4 is 17.5 Å². The van der Waals surface area contributed by atoms with E-state index >= 15 is 0 Å². The fourth-order valence-electron chi connectivity index (χ4n) is 1.31. The van der Waals surface area contributed by atoms with Crippen molar-refractivity contribution in [2.24, 2.45) is 0 Å². The predicted molar refractivity (Wildman–Crippen MR) is 69.4 cm³/mol. The molecule has 5 heteroatoms. The van der Waals surface area contributed by atoms with Gasteiger partial charge in [0, 0.05) is 24.7 Å². The quantitative estimate of drug-likeness (QED) is 0.750. The molecule has 0 heterocycles. The van der Waals surface area contributed by atoms with Gasteiger partial charge >= 0.3 is 0 Å². The highest BCUT2D eigenvalue weighted by molar-refractivity contribution is 5.95. The van der Waals surface area contributed by atoms with Crippen molar-refractivity contribution in [2.45, 2.75) is 26.4 Å². The summed E-state index contributed by atoms with van der Waals surface area (Å²) in [5, 5.41) is 14.7. The molecule has 1 aromatic carbocycles. The van der Waals surface area contributed by atoms with Crippen LogP contribution in [0.2, 0.25) is 0 Å². The largest absolute Gasteiger partial charge is 0.389 e. The van der Waals surface area contributed by atoms with Crippen LogP contribution in [0.1, 0.15) is 31.1 Å². The lowest BCUT2D eigenvalue weighted by Crippen LogP contribution is -2.38. The highest BCUT2D eigenvalue weighted by atomic mass is 16.3. The Morgan fingerprint density at radius 1 is 1.22 bits per heavy atom. The lowest BCUT2D eigenvalue weighted by molar-refractivity contribution is -0.114. The number of carbonyl (C=O) groups excluding carboxylic acids is 2. The Bertz CT molecular complexity index is 433. The van der Waals surface area contributed by atoms with Crippen molar-refractivity contribution in [1.82, 2.24) is 5.32 Å². The fraction of sp³-hybridized carbons (Fsp3) is 0.385. The molecule has 0 aliphatic carbocycles. The predicted octanol–water partition coefficient (Wildman–Crippen LogP) is 1.15. The van der Waals surface area contributed by atoms with Crippen LogP contribution in [0, 0.1) is 0 Å². The van der Waals surface area contributed by atoms with Crippen LogP contribution in [0.4, 0.5) is 5.69 Å². The monoisotopic (exact) mass is 250 g/mol. The first-order valence-corrected chi connectivity index (χ1v) is 5.66. The molecule has 1 aromatic rings. The molecule has 2 amide bonds. The molecule has 0 unspecified atom stereocenters. The van der Waals surface area contributed by atoms with E-state index in [0.717, 1.165) is 0 Å². The molecule has 0 aliphatic heterocycles. The van der Waals surface area contributed by atoms with E-state index in [1.165, 1.54) is 6.92 Å². The summed E-state index contributed by atoms with van der Waals surface area (Å²) >= 11 is 0. The number of hydrogen-bond acceptors (Lipinski definition) is 3. The number of nitrogens with one attached hydrogen (secondary N) is 2. The Hall–Kier alpha value is -1.88. The van der Waals surface area contributed by atoms with Gasteiger partial charge in [0.2, 0.25) is 5.91 Å². The van der Waals surface area contributed by atoms with E-state index in [1.807, 2.05) is 0 Å². The van der Waals surface area contributed by atoms with Gasteiger partial charge in [0.25, 0.3) is 5.91 Å². The number of benzene rings is 1. The average molecular weight is 250 g/mol. The Labute approximate surface area is 106 Å². The van der Waals surface area contributed by atoms with Gasteiger partial charge in [-0.05, 0) is 38.1 Å². The highest BCUT2D eigenvalue weighted by Crippen LogP contribution is 2.09. The van der Waals surface area contributed by atoms with Gasteiger partial charge in [-0.15, -0.1) is 0 Å². The minimum absolute atomic E-state index is 0.158. The summed E-state index contributed by atoms with van der Waals surface area (Å²) in [6, 6.07) is 6.54. The molecular formula is C13H18N2O3. The maximum atomic E-state index is 11.7. The third kappa shape index (κ3) is 4.97. The van der Waals surface area contributed by atoms with E-state index in [2.05, 4.69) is 10.6 Å². The van der Waals surface area contributed by atoms with E-state index in [1.54, 1.807) is 38.1 Å². The summed E-state index contributed by atoms with van der Waals surface area (Å²) in [6.45, 7) is 4.84. The number of carbonyl (C=O) groups is 2. The number of amides is 2. The fourth-order valence-corrected chi connectivity index (χ4v) is 1.31. The number of anilines is 1. The van der Waals surface area contributed by atoms with Gasteiger partial charge in [-0.3, -0.25) is 9.59 Å². The van der Waals surface area contributed by atoms with Gasteiger partial charge in [-0.1, -0.05) is 0 Å². The maximum Gasteiger partial charge on any atom is 0.251 e. The van der Waals surface area contributed by atoms with Gasteiger partial charge in [0.15, 0.2) is 0 Å². The first-order chi connectivity index (χ1) is 8.28. The van der Waals surface area contributed by atoms with Crippen LogP contribution in [0.3, 0.4) is 0 Å². The standard InChI is InChI=1S/C13H18N2O3/c1-9(16)15-11-6-4-10(5-7-11)12(17)14-8-13(2,3)18/h4-7,18H,8H2,1-3H3,(H,14,17)(H,15,16). The third-order valence-electron chi connectivity index (χ3n) is 2.15. The summed E-state index contributed by atoms with van der Waals surface area (Å²) in [7, 11) is 0. The summed E-state index contributed by atoms with van der Waals surface area (Å²) in [4.78, 5) is 22.5. The molecule has 0 saturated heterocycles. The van der Waals surface area contributed by atoms with Crippen molar-refractivity contribution in [3.63, 3.8) is 0 Å². The molecule has 5 nitrogen and oxygen atoms in total. The second kappa shape index (κ2) is 5.64. The van der Waals surface area contributed by atoms with Crippen LogP contribution in [0.15, 0.2) is 24.3 Å². The lowest BCUT2D eigenvalue weighted by atomic mass is 10.1. The van der Waals surface area contributed by atoms with Gasteiger partial charge in [-0.25, -0.2) is 0 Å². The summed E-state index contributed by atoms with van der Waals surface area (Å²) in [6.07, 6.45) is 0. The van der Waals surface area contributed by atoms with Crippen LogP contribution in [0.5, 0.6) is 0 Å². The highest BCUT2D eigenvalue weighted by Gasteiger charge is 2.14. The van der Waals surface area contributed by atoms with Crippen LogP contribution < -0.4 is 10.6 Å². The number of rotatable bonds is 4. The maximum absolute atomic E-state index is 11.7. The molecule has 0 fully saturated rings. The van der Waals surface area contributed by atoms with Crippen LogP contribution in [0.25, 0.3) is 0 Å². The Balaban J connectivity index is 2.62. The summed E-state index contributed by atoms with van der Waals surface area (Å²) < 4.78 is 0. The Kier molecular flexibility index (Phi) is 4.44. The van der Waals surface area contributed by atoms with Crippen molar-refractivity contribution < 1.29 is 14.7 Å². The number of aliphatic hydroxyl groups is 1.